The molecule has 2 heterocycles. The van der Waals surface area contributed by atoms with Gasteiger partial charge in [-0.3, -0.25) is 4.79 Å². The Bertz CT molecular complexity index is 1160. The number of fused-ring (bicyclic) bond motifs is 1. The summed E-state index contributed by atoms with van der Waals surface area (Å²) in [6.07, 6.45) is 1.26. The number of amides is 1. The number of nitrogens with one attached hydrogen (secondary N) is 1. The van der Waals surface area contributed by atoms with E-state index in [1.165, 1.54) is 11.8 Å². The standard InChI is InChI=1S/C25H25N3O4/c1-4-28-14-21-22(24(28)29)20(25(30)31)13-26-23(21)27-16(3)17-7-11-19(12-8-17)32-18-9-5-15(2)6-10-18/h5-13,16H,4,14H2,1-3H3,(H,26,27)(H,30,31)/t16-/m0/s1. The molecule has 1 aliphatic heterocycles. The number of pyridine rings is 1. The molecule has 1 atom stereocenters. The fourth-order valence-corrected chi connectivity index (χ4v) is 3.77. The van der Waals surface area contributed by atoms with Gasteiger partial charge in [-0.15, -0.1) is 0 Å². The van der Waals surface area contributed by atoms with Gasteiger partial charge in [-0.1, -0.05) is 29.8 Å². The molecule has 32 heavy (non-hydrogen) atoms. The largest absolute Gasteiger partial charge is 0.478 e. The van der Waals surface area contributed by atoms with Crippen LogP contribution in [0.15, 0.2) is 54.7 Å². The summed E-state index contributed by atoms with van der Waals surface area (Å²) in [7, 11) is 0. The highest BCUT2D eigenvalue weighted by molar-refractivity contribution is 6.08. The maximum Gasteiger partial charge on any atom is 0.338 e. The molecule has 7 heteroatoms. The highest BCUT2D eigenvalue weighted by Crippen LogP contribution is 2.33. The zero-order valence-corrected chi connectivity index (χ0v) is 18.3. The van der Waals surface area contributed by atoms with Crippen molar-refractivity contribution in [3.05, 3.63) is 82.5 Å². The predicted octanol–water partition coefficient (Wildman–Crippen LogP) is 5.03. The van der Waals surface area contributed by atoms with E-state index < -0.39 is 5.97 Å². The second kappa shape index (κ2) is 8.70. The van der Waals surface area contributed by atoms with Crippen LogP contribution in [0.5, 0.6) is 11.5 Å². The Labute approximate surface area is 186 Å². The predicted molar refractivity (Wildman–Crippen MR) is 121 cm³/mol. The van der Waals surface area contributed by atoms with Gasteiger partial charge in [0.05, 0.1) is 17.7 Å². The molecule has 0 radical (unpaired) electrons. The first kappa shape index (κ1) is 21.4. The van der Waals surface area contributed by atoms with Crippen molar-refractivity contribution in [1.82, 2.24) is 9.88 Å². The van der Waals surface area contributed by atoms with E-state index in [-0.39, 0.29) is 23.1 Å². The van der Waals surface area contributed by atoms with Crippen LogP contribution in [0, 0.1) is 6.92 Å². The van der Waals surface area contributed by atoms with E-state index in [2.05, 4.69) is 10.3 Å². The summed E-state index contributed by atoms with van der Waals surface area (Å²) in [5, 5.41) is 12.8. The lowest BCUT2D eigenvalue weighted by Crippen LogP contribution is -2.24. The summed E-state index contributed by atoms with van der Waals surface area (Å²) in [5.41, 5.74) is 2.98. The molecule has 0 aliphatic carbocycles. The molecular weight excluding hydrogens is 406 g/mol. The van der Waals surface area contributed by atoms with Crippen LogP contribution < -0.4 is 10.1 Å². The summed E-state index contributed by atoms with van der Waals surface area (Å²) in [5.74, 6) is 0.623. The Morgan fingerprint density at radius 2 is 1.78 bits per heavy atom. The molecule has 0 bridgehead atoms. The van der Waals surface area contributed by atoms with Gasteiger partial charge >= 0.3 is 5.97 Å². The quantitative estimate of drug-likeness (QED) is 0.545. The number of carbonyl (C=O) groups excluding carboxylic acids is 1. The van der Waals surface area contributed by atoms with Crippen LogP contribution in [-0.2, 0) is 6.54 Å². The number of benzene rings is 2. The highest BCUT2D eigenvalue weighted by Gasteiger charge is 2.34. The summed E-state index contributed by atoms with van der Waals surface area (Å²) in [6, 6.07) is 15.5. The molecule has 2 N–H and O–H groups in total. The smallest absolute Gasteiger partial charge is 0.338 e. The Balaban J connectivity index is 1.53. The van der Waals surface area contributed by atoms with Crippen molar-refractivity contribution >= 4 is 17.7 Å². The zero-order valence-electron chi connectivity index (χ0n) is 18.3. The van der Waals surface area contributed by atoms with Crippen molar-refractivity contribution in [2.75, 3.05) is 11.9 Å². The molecule has 0 unspecified atom stereocenters. The molecule has 0 spiro atoms. The van der Waals surface area contributed by atoms with Crippen molar-refractivity contribution in [3.8, 4) is 11.5 Å². The first-order valence-electron chi connectivity index (χ1n) is 10.5. The van der Waals surface area contributed by atoms with Crippen molar-refractivity contribution in [3.63, 3.8) is 0 Å². The summed E-state index contributed by atoms with van der Waals surface area (Å²) < 4.78 is 5.89. The number of rotatable bonds is 7. The second-order valence-corrected chi connectivity index (χ2v) is 7.85. The molecule has 1 aliphatic rings. The van der Waals surface area contributed by atoms with Gasteiger partial charge in [0.25, 0.3) is 5.91 Å². The first-order valence-corrected chi connectivity index (χ1v) is 10.5. The lowest BCUT2D eigenvalue weighted by Gasteiger charge is -2.18. The fourth-order valence-electron chi connectivity index (χ4n) is 3.77. The summed E-state index contributed by atoms with van der Waals surface area (Å²) in [4.78, 5) is 30.2. The van der Waals surface area contributed by atoms with Crippen LogP contribution in [0.2, 0.25) is 0 Å². The average Bonchev–Trinajstić information content (AvgIpc) is 3.13. The number of carboxylic acids is 1. The Morgan fingerprint density at radius 3 is 2.38 bits per heavy atom. The molecule has 4 rings (SSSR count). The molecule has 7 nitrogen and oxygen atoms in total. The molecule has 2 aromatic carbocycles. The highest BCUT2D eigenvalue weighted by atomic mass is 16.5. The third kappa shape index (κ3) is 4.14. The van der Waals surface area contributed by atoms with Crippen LogP contribution in [-0.4, -0.2) is 33.4 Å². The molecule has 1 amide bonds. The SMILES string of the molecule is CCN1Cc2c(N[C@@H](C)c3ccc(Oc4ccc(C)cc4)cc3)ncc(C(=O)O)c2C1=O. The van der Waals surface area contributed by atoms with Crippen LogP contribution >= 0.6 is 0 Å². The monoisotopic (exact) mass is 431 g/mol. The molecule has 0 fully saturated rings. The number of hydrogen-bond acceptors (Lipinski definition) is 5. The van der Waals surface area contributed by atoms with Gasteiger partial charge < -0.3 is 20.1 Å². The van der Waals surface area contributed by atoms with Gasteiger partial charge in [-0.2, -0.15) is 0 Å². The average molecular weight is 431 g/mol. The van der Waals surface area contributed by atoms with E-state index in [4.69, 9.17) is 4.74 Å². The summed E-state index contributed by atoms with van der Waals surface area (Å²) in [6.45, 7) is 6.74. The number of ether oxygens (including phenoxy) is 1. The molecule has 0 saturated heterocycles. The molecule has 3 aromatic rings. The number of carbonyl (C=O) groups is 2. The zero-order chi connectivity index (χ0) is 22.8. The number of hydrogen-bond donors (Lipinski definition) is 2. The van der Waals surface area contributed by atoms with E-state index in [0.29, 0.717) is 24.5 Å². The number of aryl methyl sites for hydroxylation is 1. The maximum absolute atomic E-state index is 12.7. The number of nitrogens with zero attached hydrogens (tertiary/aromatic N) is 2. The third-order valence-corrected chi connectivity index (χ3v) is 5.63. The topological polar surface area (TPSA) is 91.8 Å². The van der Waals surface area contributed by atoms with E-state index in [1.54, 1.807) is 4.90 Å². The van der Waals surface area contributed by atoms with Gasteiger partial charge in [0.15, 0.2) is 0 Å². The van der Waals surface area contributed by atoms with E-state index >= 15 is 0 Å². The fraction of sp³-hybridized carbons (Fsp3) is 0.240. The van der Waals surface area contributed by atoms with Crippen molar-refractivity contribution < 1.29 is 19.4 Å². The van der Waals surface area contributed by atoms with E-state index in [9.17, 15) is 14.7 Å². The molecular formula is C25H25N3O4. The number of aromatic carboxylic acids is 1. The second-order valence-electron chi connectivity index (χ2n) is 7.85. The van der Waals surface area contributed by atoms with Gasteiger partial charge in [-0.05, 0) is 50.6 Å². The summed E-state index contributed by atoms with van der Waals surface area (Å²) >= 11 is 0. The number of anilines is 1. The maximum atomic E-state index is 12.7. The van der Waals surface area contributed by atoms with Crippen molar-refractivity contribution in [2.24, 2.45) is 0 Å². The van der Waals surface area contributed by atoms with Crippen LogP contribution in [0.25, 0.3) is 0 Å². The molecule has 0 saturated carbocycles. The van der Waals surface area contributed by atoms with Gasteiger partial charge in [0.1, 0.15) is 17.3 Å². The molecule has 1 aromatic heterocycles. The Morgan fingerprint density at radius 1 is 1.16 bits per heavy atom. The van der Waals surface area contributed by atoms with E-state index in [0.717, 1.165) is 17.1 Å². The minimum absolute atomic E-state index is 0.0586. The Kier molecular flexibility index (Phi) is 5.81. The van der Waals surface area contributed by atoms with Crippen LogP contribution in [0.4, 0.5) is 5.82 Å². The van der Waals surface area contributed by atoms with E-state index in [1.807, 2.05) is 69.3 Å². The minimum Gasteiger partial charge on any atom is -0.478 e. The van der Waals surface area contributed by atoms with Crippen LogP contribution in [0.1, 0.15) is 57.3 Å². The number of carboxylic acid groups (broad SMARTS) is 1. The number of aromatic nitrogens is 1. The minimum atomic E-state index is -1.15. The van der Waals surface area contributed by atoms with Gasteiger partial charge in [0, 0.05) is 24.3 Å². The van der Waals surface area contributed by atoms with Gasteiger partial charge in [-0.25, -0.2) is 9.78 Å². The van der Waals surface area contributed by atoms with Crippen LogP contribution in [0.3, 0.4) is 0 Å². The van der Waals surface area contributed by atoms with Crippen molar-refractivity contribution in [2.45, 2.75) is 33.4 Å². The van der Waals surface area contributed by atoms with Gasteiger partial charge in [0.2, 0.25) is 0 Å². The first-order chi connectivity index (χ1) is 15.4. The lowest BCUT2D eigenvalue weighted by molar-refractivity contribution is 0.0683. The molecule has 164 valence electrons. The Hall–Kier alpha value is -3.87. The normalized spacial score (nSPS) is 13.6. The third-order valence-electron chi connectivity index (χ3n) is 5.63. The van der Waals surface area contributed by atoms with Crippen molar-refractivity contribution in [1.29, 1.82) is 0 Å². The lowest BCUT2D eigenvalue weighted by atomic mass is 10.0.